The molecule has 0 aromatic carbocycles. The van der Waals surface area contributed by atoms with Crippen LogP contribution in [0, 0.1) is 10.1 Å². The third-order valence-electron chi connectivity index (χ3n) is 2.93. The Balaban J connectivity index is 2.70. The highest BCUT2D eigenvalue weighted by Gasteiger charge is 2.18. The number of nitrogens with zero attached hydrogens (tertiary/aromatic N) is 4. The molecule has 0 fully saturated rings. The van der Waals surface area contributed by atoms with Gasteiger partial charge < -0.3 is 5.32 Å². The molecule has 0 aliphatic heterocycles. The van der Waals surface area contributed by atoms with E-state index in [1.807, 2.05) is 0 Å². The van der Waals surface area contributed by atoms with Crippen molar-refractivity contribution in [2.75, 3.05) is 18.4 Å². The lowest BCUT2D eigenvalue weighted by Gasteiger charge is -2.30. The number of rotatable bonds is 7. The number of anilines is 1. The highest BCUT2D eigenvalue weighted by atomic mass is 35.5. The average molecular weight is 302 g/mol. The fourth-order valence-corrected chi connectivity index (χ4v) is 2.17. The van der Waals surface area contributed by atoms with Gasteiger partial charge in [-0.3, -0.25) is 15.0 Å². The van der Waals surface area contributed by atoms with E-state index in [1.54, 1.807) is 0 Å². The first-order chi connectivity index (χ1) is 9.32. The van der Waals surface area contributed by atoms with Gasteiger partial charge in [0.15, 0.2) is 0 Å². The Morgan fingerprint density at radius 2 is 2.00 bits per heavy atom. The van der Waals surface area contributed by atoms with E-state index >= 15 is 0 Å². The molecular weight excluding hydrogens is 282 g/mol. The van der Waals surface area contributed by atoms with E-state index < -0.39 is 4.92 Å². The van der Waals surface area contributed by atoms with E-state index in [9.17, 15) is 10.1 Å². The summed E-state index contributed by atoms with van der Waals surface area (Å²) in [6.45, 7) is 9.76. The Hall–Kier alpha value is -1.47. The van der Waals surface area contributed by atoms with Gasteiger partial charge in [-0.05, 0) is 39.3 Å². The summed E-state index contributed by atoms with van der Waals surface area (Å²) in [6.07, 6.45) is 1.11. The lowest BCUT2D eigenvalue weighted by molar-refractivity contribution is -0.384. The molecule has 20 heavy (non-hydrogen) atoms. The number of aromatic nitrogens is 2. The first-order valence-electron chi connectivity index (χ1n) is 6.49. The van der Waals surface area contributed by atoms with Crippen molar-refractivity contribution in [3.8, 4) is 0 Å². The van der Waals surface area contributed by atoms with Crippen LogP contribution in [0.3, 0.4) is 0 Å². The summed E-state index contributed by atoms with van der Waals surface area (Å²) in [6, 6.07) is 0.807. The van der Waals surface area contributed by atoms with E-state index in [1.165, 1.54) is 0 Å². The van der Waals surface area contributed by atoms with Crippen LogP contribution in [0.4, 0.5) is 11.5 Å². The van der Waals surface area contributed by atoms with Gasteiger partial charge in [0.25, 0.3) is 0 Å². The fraction of sp³-hybridized carbons (Fsp3) is 0.667. The zero-order valence-electron chi connectivity index (χ0n) is 12.1. The number of halogens is 1. The molecule has 0 saturated carbocycles. The topological polar surface area (TPSA) is 84.2 Å². The predicted octanol–water partition coefficient (Wildman–Crippen LogP) is 2.57. The minimum absolute atomic E-state index is 0.0114. The van der Waals surface area contributed by atoms with Crippen LogP contribution < -0.4 is 5.32 Å². The Kier molecular flexibility index (Phi) is 6.09. The summed E-state index contributed by atoms with van der Waals surface area (Å²) < 4.78 is 0. The molecule has 0 saturated heterocycles. The molecule has 0 bridgehead atoms. The van der Waals surface area contributed by atoms with Gasteiger partial charge in [-0.2, -0.15) is 4.98 Å². The summed E-state index contributed by atoms with van der Waals surface area (Å²) >= 11 is 5.67. The zero-order valence-corrected chi connectivity index (χ0v) is 12.9. The van der Waals surface area contributed by atoms with Crippen LogP contribution in [0.2, 0.25) is 5.28 Å². The molecule has 1 heterocycles. The molecule has 112 valence electrons. The van der Waals surface area contributed by atoms with E-state index in [4.69, 9.17) is 11.6 Å². The third-order valence-corrected chi connectivity index (χ3v) is 3.11. The molecule has 0 spiro atoms. The minimum Gasteiger partial charge on any atom is -0.363 e. The summed E-state index contributed by atoms with van der Waals surface area (Å²) in [5, 5.41) is 13.8. The van der Waals surface area contributed by atoms with Crippen LogP contribution in [0.25, 0.3) is 0 Å². The van der Waals surface area contributed by atoms with Crippen molar-refractivity contribution in [1.29, 1.82) is 0 Å². The van der Waals surface area contributed by atoms with Gasteiger partial charge in [0.1, 0.15) is 6.20 Å². The molecule has 0 aliphatic carbocycles. The van der Waals surface area contributed by atoms with Crippen molar-refractivity contribution in [3.63, 3.8) is 0 Å². The SMILES string of the molecule is CC(C)N(CCNc1nc(Cl)ncc1[N+](=O)[O-])C(C)C. The summed E-state index contributed by atoms with van der Waals surface area (Å²) in [7, 11) is 0. The molecule has 1 aromatic heterocycles. The predicted molar refractivity (Wildman–Crippen MR) is 79.2 cm³/mol. The van der Waals surface area contributed by atoms with Gasteiger partial charge >= 0.3 is 5.69 Å². The first-order valence-corrected chi connectivity index (χ1v) is 6.87. The smallest absolute Gasteiger partial charge is 0.329 e. The first kappa shape index (κ1) is 16.6. The van der Waals surface area contributed by atoms with Crippen molar-refractivity contribution in [3.05, 3.63) is 21.6 Å². The van der Waals surface area contributed by atoms with Gasteiger partial charge in [0.2, 0.25) is 11.1 Å². The molecule has 0 atom stereocenters. The van der Waals surface area contributed by atoms with Gasteiger partial charge in [-0.25, -0.2) is 4.98 Å². The van der Waals surface area contributed by atoms with Crippen molar-refractivity contribution in [1.82, 2.24) is 14.9 Å². The molecule has 1 aromatic rings. The standard InChI is InChI=1S/C12H20ClN5O2/c1-8(2)17(9(3)4)6-5-14-11-10(18(19)20)7-15-12(13)16-11/h7-9H,5-6H2,1-4H3,(H,14,15,16). The summed E-state index contributed by atoms with van der Waals surface area (Å²) in [4.78, 5) is 20.1. The molecule has 0 unspecified atom stereocenters. The van der Waals surface area contributed by atoms with Crippen LogP contribution in [-0.4, -0.2) is 45.0 Å². The molecule has 1 N–H and O–H groups in total. The quantitative estimate of drug-likeness (QED) is 0.473. The highest BCUT2D eigenvalue weighted by Crippen LogP contribution is 2.21. The second-order valence-electron chi connectivity index (χ2n) is 4.98. The Morgan fingerprint density at radius 1 is 1.40 bits per heavy atom. The van der Waals surface area contributed by atoms with Crippen LogP contribution >= 0.6 is 11.6 Å². The van der Waals surface area contributed by atoms with E-state index in [0.29, 0.717) is 18.6 Å². The number of hydrogen-bond donors (Lipinski definition) is 1. The second-order valence-corrected chi connectivity index (χ2v) is 5.32. The fourth-order valence-electron chi connectivity index (χ4n) is 2.03. The molecule has 7 nitrogen and oxygen atoms in total. The normalized spacial score (nSPS) is 11.4. The summed E-state index contributed by atoms with van der Waals surface area (Å²) in [5.74, 6) is 0.155. The van der Waals surface area contributed by atoms with Crippen LogP contribution in [0.15, 0.2) is 6.20 Å². The lowest BCUT2D eigenvalue weighted by Crippen LogP contribution is -2.40. The molecule has 1 rings (SSSR count). The van der Waals surface area contributed by atoms with E-state index in [0.717, 1.165) is 12.7 Å². The van der Waals surface area contributed by atoms with Crippen LogP contribution in [0.1, 0.15) is 27.7 Å². The largest absolute Gasteiger partial charge is 0.363 e. The third kappa shape index (κ3) is 4.57. The summed E-state index contributed by atoms with van der Waals surface area (Å²) in [5.41, 5.74) is -0.171. The van der Waals surface area contributed by atoms with Crippen molar-refractivity contribution >= 4 is 23.1 Å². The highest BCUT2D eigenvalue weighted by molar-refractivity contribution is 6.28. The van der Waals surface area contributed by atoms with Crippen LogP contribution in [-0.2, 0) is 0 Å². The molecule has 0 radical (unpaired) electrons. The van der Waals surface area contributed by atoms with Crippen molar-refractivity contribution in [2.45, 2.75) is 39.8 Å². The molecule has 8 heteroatoms. The lowest BCUT2D eigenvalue weighted by atomic mass is 10.2. The van der Waals surface area contributed by atoms with Gasteiger partial charge in [-0.1, -0.05) is 0 Å². The minimum atomic E-state index is -0.526. The Labute approximate surface area is 123 Å². The molecule has 0 amide bonds. The Morgan fingerprint density at radius 3 is 2.50 bits per heavy atom. The monoisotopic (exact) mass is 301 g/mol. The molecular formula is C12H20ClN5O2. The number of hydrogen-bond acceptors (Lipinski definition) is 6. The maximum Gasteiger partial charge on any atom is 0.329 e. The number of nitro groups is 1. The van der Waals surface area contributed by atoms with E-state index in [2.05, 4.69) is 47.9 Å². The maximum atomic E-state index is 10.9. The van der Waals surface area contributed by atoms with Gasteiger partial charge in [-0.15, -0.1) is 0 Å². The molecule has 0 aliphatic rings. The van der Waals surface area contributed by atoms with Crippen molar-refractivity contribution < 1.29 is 4.92 Å². The van der Waals surface area contributed by atoms with Crippen molar-refractivity contribution in [2.24, 2.45) is 0 Å². The Bertz CT molecular complexity index is 459. The van der Waals surface area contributed by atoms with Crippen LogP contribution in [0.5, 0.6) is 0 Å². The second kappa shape index (κ2) is 7.35. The maximum absolute atomic E-state index is 10.9. The zero-order chi connectivity index (χ0) is 15.3. The number of nitrogens with one attached hydrogen (secondary N) is 1. The van der Waals surface area contributed by atoms with Gasteiger partial charge in [0.05, 0.1) is 4.92 Å². The average Bonchev–Trinajstić information content (AvgIpc) is 2.33. The van der Waals surface area contributed by atoms with E-state index in [-0.39, 0.29) is 16.8 Å². The van der Waals surface area contributed by atoms with Gasteiger partial charge in [0, 0.05) is 25.2 Å².